The third-order valence-corrected chi connectivity index (χ3v) is 5.16. The third kappa shape index (κ3) is 4.49. The van der Waals surface area contributed by atoms with Crippen LogP contribution < -0.4 is 14.8 Å². The molecule has 1 aromatic carbocycles. The van der Waals surface area contributed by atoms with E-state index in [9.17, 15) is 4.79 Å². The van der Waals surface area contributed by atoms with Gasteiger partial charge < -0.3 is 14.8 Å². The number of likely N-dealkylation sites (N-methyl/N-ethyl adjacent to an activating group) is 1. The molecule has 134 valence electrons. The normalized spacial score (nSPS) is 14.0. The van der Waals surface area contributed by atoms with Crippen LogP contribution in [-0.2, 0) is 17.8 Å². The molecule has 0 saturated heterocycles. The van der Waals surface area contributed by atoms with Crippen LogP contribution in [0.25, 0.3) is 0 Å². The highest BCUT2D eigenvalue weighted by Crippen LogP contribution is 2.28. The molecular formula is C18H23N3O3S. The fourth-order valence-electron chi connectivity index (χ4n) is 2.75. The van der Waals surface area contributed by atoms with E-state index in [1.807, 2.05) is 24.3 Å². The Hall–Kier alpha value is -2.12. The van der Waals surface area contributed by atoms with E-state index >= 15 is 0 Å². The number of anilines is 1. The number of fused-ring (bicyclic) bond motifs is 1. The van der Waals surface area contributed by atoms with Crippen molar-refractivity contribution < 1.29 is 14.3 Å². The Bertz CT molecular complexity index is 732. The number of benzene rings is 1. The number of carbonyl (C=O) groups is 1. The summed E-state index contributed by atoms with van der Waals surface area (Å²) in [6.07, 6.45) is 1.22. The molecule has 2 heterocycles. The van der Waals surface area contributed by atoms with E-state index in [1.54, 1.807) is 18.4 Å². The molecule has 0 fully saturated rings. The minimum atomic E-state index is -0.0895. The smallest absolute Gasteiger partial charge is 0.229 e. The largest absolute Gasteiger partial charge is 0.493 e. The van der Waals surface area contributed by atoms with Crippen LogP contribution in [0.3, 0.4) is 0 Å². The van der Waals surface area contributed by atoms with E-state index in [0.29, 0.717) is 23.2 Å². The molecule has 25 heavy (non-hydrogen) atoms. The van der Waals surface area contributed by atoms with Gasteiger partial charge in [-0.25, -0.2) is 4.98 Å². The Balaban J connectivity index is 1.49. The van der Waals surface area contributed by atoms with Gasteiger partial charge in [-0.05, 0) is 18.7 Å². The highest BCUT2D eigenvalue weighted by atomic mass is 32.1. The van der Waals surface area contributed by atoms with Gasteiger partial charge in [-0.3, -0.25) is 9.69 Å². The average Bonchev–Trinajstić information content (AvgIpc) is 3.03. The number of carbonyl (C=O) groups excluding carboxylic acids is 1. The van der Waals surface area contributed by atoms with E-state index in [4.69, 9.17) is 9.47 Å². The molecule has 1 aliphatic rings. The first-order valence-electron chi connectivity index (χ1n) is 8.46. The molecule has 0 bridgehead atoms. The topological polar surface area (TPSA) is 63.7 Å². The Kier molecular flexibility index (Phi) is 5.88. The number of hydrogen-bond acceptors (Lipinski definition) is 6. The summed E-state index contributed by atoms with van der Waals surface area (Å²) >= 11 is 1.57. The number of para-hydroxylation sites is 2. The predicted molar refractivity (Wildman–Crippen MR) is 98.5 cm³/mol. The Morgan fingerprint density at radius 3 is 2.92 bits per heavy atom. The van der Waals surface area contributed by atoms with Gasteiger partial charge in [-0.2, -0.15) is 0 Å². The first-order valence-corrected chi connectivity index (χ1v) is 9.28. The van der Waals surface area contributed by atoms with Crippen LogP contribution in [-0.4, -0.2) is 42.6 Å². The standard InChI is InChI=1S/C18H23N3O3S/c1-3-21-10-8-13-16(12-21)25-18(19-13)20-17(22)9-11-24-15-7-5-4-6-14(15)23-2/h4-7H,3,8-12H2,1-2H3,(H,19,20,22). The molecule has 1 aliphatic heterocycles. The van der Waals surface area contributed by atoms with Crippen LogP contribution in [0.2, 0.25) is 0 Å². The number of rotatable bonds is 7. The lowest BCUT2D eigenvalue weighted by molar-refractivity contribution is -0.116. The molecule has 1 amide bonds. The predicted octanol–water partition coefficient (Wildman–Crippen LogP) is 2.94. The fourth-order valence-corrected chi connectivity index (χ4v) is 3.81. The molecule has 3 rings (SSSR count). The molecule has 0 aliphatic carbocycles. The van der Waals surface area contributed by atoms with Gasteiger partial charge in [0.25, 0.3) is 0 Å². The van der Waals surface area contributed by atoms with E-state index in [2.05, 4.69) is 22.1 Å². The zero-order valence-corrected chi connectivity index (χ0v) is 15.4. The highest BCUT2D eigenvalue weighted by molar-refractivity contribution is 7.15. The van der Waals surface area contributed by atoms with Gasteiger partial charge in [0.1, 0.15) is 0 Å². The Morgan fingerprint density at radius 1 is 1.36 bits per heavy atom. The monoisotopic (exact) mass is 361 g/mol. The molecule has 0 spiro atoms. The third-order valence-electron chi connectivity index (χ3n) is 4.16. The summed E-state index contributed by atoms with van der Waals surface area (Å²) in [6.45, 7) is 5.46. The summed E-state index contributed by atoms with van der Waals surface area (Å²) in [6, 6.07) is 7.40. The minimum absolute atomic E-state index is 0.0895. The van der Waals surface area contributed by atoms with Crippen molar-refractivity contribution in [3.05, 3.63) is 34.8 Å². The maximum Gasteiger partial charge on any atom is 0.229 e. The molecule has 0 atom stereocenters. The SMILES string of the molecule is CCN1CCc2nc(NC(=O)CCOc3ccccc3OC)sc2C1. The minimum Gasteiger partial charge on any atom is -0.493 e. The Labute approximate surface area is 151 Å². The number of methoxy groups -OCH3 is 1. The zero-order valence-electron chi connectivity index (χ0n) is 14.6. The van der Waals surface area contributed by atoms with Gasteiger partial charge in [0.15, 0.2) is 16.6 Å². The van der Waals surface area contributed by atoms with E-state index in [1.165, 1.54) is 4.88 Å². The summed E-state index contributed by atoms with van der Waals surface area (Å²) < 4.78 is 10.9. The van der Waals surface area contributed by atoms with Crippen LogP contribution in [0.4, 0.5) is 5.13 Å². The molecule has 6 nitrogen and oxygen atoms in total. The number of ether oxygens (including phenoxy) is 2. The first-order chi connectivity index (χ1) is 12.2. The van der Waals surface area contributed by atoms with Crippen LogP contribution in [0, 0.1) is 0 Å². The first kappa shape index (κ1) is 17.7. The van der Waals surface area contributed by atoms with Crippen molar-refractivity contribution >= 4 is 22.4 Å². The van der Waals surface area contributed by atoms with Crippen LogP contribution in [0.5, 0.6) is 11.5 Å². The Morgan fingerprint density at radius 2 is 2.16 bits per heavy atom. The van der Waals surface area contributed by atoms with Crippen LogP contribution in [0.1, 0.15) is 23.9 Å². The van der Waals surface area contributed by atoms with Crippen molar-refractivity contribution in [1.29, 1.82) is 0 Å². The number of amides is 1. The lowest BCUT2D eigenvalue weighted by Gasteiger charge is -2.23. The summed E-state index contributed by atoms with van der Waals surface area (Å²) in [4.78, 5) is 20.3. The van der Waals surface area contributed by atoms with Gasteiger partial charge in [0.05, 0.1) is 25.8 Å². The van der Waals surface area contributed by atoms with Crippen molar-refractivity contribution in [3.63, 3.8) is 0 Å². The molecule has 0 saturated carbocycles. The average molecular weight is 361 g/mol. The van der Waals surface area contributed by atoms with Crippen molar-refractivity contribution in [3.8, 4) is 11.5 Å². The number of aromatic nitrogens is 1. The fraction of sp³-hybridized carbons (Fsp3) is 0.444. The van der Waals surface area contributed by atoms with Crippen molar-refractivity contribution in [2.75, 3.05) is 32.1 Å². The maximum absolute atomic E-state index is 12.1. The lowest BCUT2D eigenvalue weighted by Crippen LogP contribution is -2.29. The summed E-state index contributed by atoms with van der Waals surface area (Å²) in [5, 5.41) is 3.57. The quantitative estimate of drug-likeness (QED) is 0.821. The van der Waals surface area contributed by atoms with Gasteiger partial charge in [0.2, 0.25) is 5.91 Å². The van der Waals surface area contributed by atoms with Crippen LogP contribution >= 0.6 is 11.3 Å². The number of hydrogen-bond donors (Lipinski definition) is 1. The van der Waals surface area contributed by atoms with E-state index in [-0.39, 0.29) is 12.3 Å². The van der Waals surface area contributed by atoms with E-state index < -0.39 is 0 Å². The molecular weight excluding hydrogens is 338 g/mol. The molecule has 0 radical (unpaired) electrons. The van der Waals surface area contributed by atoms with Gasteiger partial charge in [0, 0.05) is 24.4 Å². The zero-order chi connectivity index (χ0) is 17.6. The number of nitrogens with one attached hydrogen (secondary N) is 1. The van der Waals surface area contributed by atoms with E-state index in [0.717, 1.165) is 31.7 Å². The molecule has 7 heteroatoms. The maximum atomic E-state index is 12.1. The highest BCUT2D eigenvalue weighted by Gasteiger charge is 2.20. The molecule has 1 N–H and O–H groups in total. The second-order valence-electron chi connectivity index (χ2n) is 5.81. The van der Waals surface area contributed by atoms with Crippen LogP contribution in [0.15, 0.2) is 24.3 Å². The van der Waals surface area contributed by atoms with Gasteiger partial charge >= 0.3 is 0 Å². The van der Waals surface area contributed by atoms with Crippen molar-refractivity contribution in [2.24, 2.45) is 0 Å². The second-order valence-corrected chi connectivity index (χ2v) is 6.89. The summed E-state index contributed by atoms with van der Waals surface area (Å²) in [5.41, 5.74) is 1.12. The second kappa shape index (κ2) is 8.31. The molecule has 0 unspecified atom stereocenters. The lowest BCUT2D eigenvalue weighted by atomic mass is 10.2. The van der Waals surface area contributed by atoms with Crippen molar-refractivity contribution in [1.82, 2.24) is 9.88 Å². The summed E-state index contributed by atoms with van der Waals surface area (Å²) in [5.74, 6) is 1.21. The molecule has 2 aromatic rings. The number of nitrogens with zero attached hydrogens (tertiary/aromatic N) is 2. The van der Waals surface area contributed by atoms with Gasteiger partial charge in [-0.15, -0.1) is 11.3 Å². The number of thiazole rings is 1. The summed E-state index contributed by atoms with van der Waals surface area (Å²) in [7, 11) is 1.60. The van der Waals surface area contributed by atoms with Crippen molar-refractivity contribution in [2.45, 2.75) is 26.3 Å². The molecule has 1 aromatic heterocycles. The van der Waals surface area contributed by atoms with Gasteiger partial charge in [-0.1, -0.05) is 19.1 Å².